The molecule has 6 amide bonds. The number of H-pyrrole nitrogens is 2. The zero-order valence-electron chi connectivity index (χ0n) is 64.2. The summed E-state index contributed by atoms with van der Waals surface area (Å²) in [7, 11) is 0. The smallest absolute Gasteiger partial charge is 0.317 e. The van der Waals surface area contributed by atoms with Gasteiger partial charge in [0.1, 0.15) is 11.8 Å². The Bertz CT molecular complexity index is 3910. The molecular formula is C78H108N12O20S. The Morgan fingerprint density at radius 1 is 0.649 bits per heavy atom. The summed E-state index contributed by atoms with van der Waals surface area (Å²) in [5.41, 5.74) is 6.32. The van der Waals surface area contributed by atoms with Crippen molar-refractivity contribution in [1.29, 1.82) is 0 Å². The second kappa shape index (κ2) is 43.7. The molecule has 4 aromatic rings. The summed E-state index contributed by atoms with van der Waals surface area (Å²) < 4.78 is 0. The number of thioether (sulfide) groups is 1. The van der Waals surface area contributed by atoms with Crippen molar-refractivity contribution >= 4 is 117 Å². The van der Waals surface area contributed by atoms with Gasteiger partial charge in [0.05, 0.1) is 57.2 Å². The number of amides is 6. The molecule has 0 radical (unpaired) electrons. The van der Waals surface area contributed by atoms with E-state index in [9.17, 15) is 97.1 Å². The summed E-state index contributed by atoms with van der Waals surface area (Å²) in [6.07, 6.45) is 6.21. The molecule has 1 aliphatic carbocycles. The number of rotatable bonds is 50. The van der Waals surface area contributed by atoms with Crippen LogP contribution in [0, 0.1) is 29.6 Å². The van der Waals surface area contributed by atoms with Gasteiger partial charge in [0, 0.05) is 147 Å². The van der Waals surface area contributed by atoms with Gasteiger partial charge in [-0.25, -0.2) is 4.98 Å². The molecule has 2 aromatic heterocycles. The number of carbonyl (C=O) groups excluding carboxylic acids is 12. The Kier molecular flexibility index (Phi) is 35.4. The highest BCUT2D eigenvalue weighted by atomic mass is 32.2. The van der Waals surface area contributed by atoms with Gasteiger partial charge >= 0.3 is 23.9 Å². The Hall–Kier alpha value is -9.86. The number of nitrogens with zero attached hydrogens (tertiary/aromatic N) is 4. The minimum Gasteiger partial charge on any atom is -0.480 e. The Balaban J connectivity index is 1.10. The molecule has 9 atom stereocenters. The molecule has 33 heteroatoms. The summed E-state index contributed by atoms with van der Waals surface area (Å²) >= 11 is 1.55. The van der Waals surface area contributed by atoms with Gasteiger partial charge in [-0.3, -0.25) is 91.4 Å². The van der Waals surface area contributed by atoms with E-state index in [2.05, 4.69) is 41.5 Å². The number of Topliss-reactive ketones (excluding diaryl/α,β-unsaturated/α-hetero) is 6. The summed E-state index contributed by atoms with van der Waals surface area (Å²) in [5.74, 6) is -14.9. The molecule has 111 heavy (non-hydrogen) atoms. The standard InChI is InChI=1S/C78H108N12O20S/c1-45(2)28-58(66(96)32-51(48(6)91)25-27-111-7)86-77(110)60(34-54-36-80-44-83-54)84-69(99)23-21-63(93)74(46(3)4)87-75(108)47(5)29-65(95)59(31-53-35-81-57-13-9-8-12-56(53)57)85-76(109)52(20-22-67(79)97)33-64(94)50-18-16-49(17-19-50)30-55(92)37-82-68(98)24-26-78(90(40-72(104)105)41-73(106)107)42-88(38-70(100)101)61-14-10-11-15-62(61)89(43-78)39-71(102)103/h8-9,12-13,16-19,35-36,44-47,51-52,58-62,74,81H,10-11,14-15,20-34,37-43H2,1-7H3,(H2,79,97)(H,80,83)(H,82,98)(H,84,99)(H,85,109)(H,86,110)(H,87,108)(H,100,101)(H,102,103)(H,104,105)(H,106,107)/t47-,51?,52-,58+,59+,60+,61-,62-,74+/m1/s1. The highest BCUT2D eigenvalue weighted by Gasteiger charge is 2.50. The van der Waals surface area contributed by atoms with Crippen LogP contribution in [-0.4, -0.2) is 244 Å². The lowest BCUT2D eigenvalue weighted by molar-refractivity contribution is -0.148. The van der Waals surface area contributed by atoms with Crippen molar-refractivity contribution in [2.75, 3.05) is 57.8 Å². The van der Waals surface area contributed by atoms with E-state index in [1.54, 1.807) is 53.7 Å². The number of carbonyl (C=O) groups is 16. The Morgan fingerprint density at radius 2 is 1.27 bits per heavy atom. The van der Waals surface area contributed by atoms with Crippen LogP contribution in [0.1, 0.15) is 165 Å². The number of carboxylic acid groups (broad SMARTS) is 4. The van der Waals surface area contributed by atoms with E-state index in [1.807, 2.05) is 32.2 Å². The third-order valence-electron chi connectivity index (χ3n) is 20.6. The zero-order valence-corrected chi connectivity index (χ0v) is 65.0. The SMILES string of the molecule is CSCCC(CC(=O)[C@H](CC(C)C)NC(=O)[C@H](Cc1cnc[nH]1)NC(=O)CCC(=O)[C@@H](NC(=O)[C@H](C)CC(=O)[C@H](Cc1c[nH]c2ccccc12)NC(=O)[C@H](CCC(N)=O)CC(=O)c1ccc(CC(=O)CNC(=O)CCC2(N(CC(=O)O)CC(=O)O)CN(CC(=O)O)[C@@H]3CCCC[C@H]3N(CC(=O)O)C2)cc1)C(C)C)C(C)=O. The first-order valence-electron chi connectivity index (χ1n) is 37.6. The third kappa shape index (κ3) is 28.8. The van der Waals surface area contributed by atoms with Gasteiger partial charge in [0.15, 0.2) is 28.9 Å². The molecule has 1 saturated carbocycles. The maximum atomic E-state index is 14.6. The average molecular weight is 1570 g/mol. The van der Waals surface area contributed by atoms with Crippen LogP contribution in [0.4, 0.5) is 0 Å². The van der Waals surface area contributed by atoms with E-state index in [4.69, 9.17) is 5.73 Å². The highest BCUT2D eigenvalue weighted by Crippen LogP contribution is 2.37. The zero-order chi connectivity index (χ0) is 81.8. The van der Waals surface area contributed by atoms with E-state index in [-0.39, 0.29) is 93.9 Å². The molecule has 2 aromatic carbocycles. The van der Waals surface area contributed by atoms with E-state index in [0.29, 0.717) is 54.7 Å². The molecule has 1 unspecified atom stereocenters. The number of nitrogens with one attached hydrogen (secondary N) is 7. The molecule has 2 fully saturated rings. The van der Waals surface area contributed by atoms with Crippen LogP contribution in [0.3, 0.4) is 0 Å². The predicted octanol–water partition coefficient (Wildman–Crippen LogP) is 3.65. The number of carboxylic acids is 4. The fourth-order valence-corrected chi connectivity index (χ4v) is 15.2. The number of fused-ring (bicyclic) bond motifs is 2. The lowest BCUT2D eigenvalue weighted by Crippen LogP contribution is -2.62. The molecule has 0 bridgehead atoms. The maximum absolute atomic E-state index is 14.6. The second-order valence-electron chi connectivity index (χ2n) is 30.1. The minimum absolute atomic E-state index is 0.0292. The number of ketones is 6. The van der Waals surface area contributed by atoms with Gasteiger partial charge in [-0.15, -0.1) is 0 Å². The molecule has 32 nitrogen and oxygen atoms in total. The van der Waals surface area contributed by atoms with Crippen LogP contribution in [0.15, 0.2) is 67.3 Å². The summed E-state index contributed by atoms with van der Waals surface area (Å²) in [6.45, 7) is 6.38. The van der Waals surface area contributed by atoms with Gasteiger partial charge < -0.3 is 62.7 Å². The Labute approximate surface area is 648 Å². The Morgan fingerprint density at radius 3 is 1.84 bits per heavy atom. The molecule has 0 spiro atoms. The van der Waals surface area contributed by atoms with Gasteiger partial charge in [-0.1, -0.05) is 89.9 Å². The highest BCUT2D eigenvalue weighted by molar-refractivity contribution is 7.98. The number of benzene rings is 2. The van der Waals surface area contributed by atoms with Crippen molar-refractivity contribution in [3.63, 3.8) is 0 Å². The number of aliphatic carboxylic acids is 4. The monoisotopic (exact) mass is 1560 g/mol. The number of imidazole rings is 1. The second-order valence-corrected chi connectivity index (χ2v) is 31.1. The maximum Gasteiger partial charge on any atom is 0.317 e. The first-order valence-corrected chi connectivity index (χ1v) is 39.0. The number of aromatic amines is 2. The molecular weight excluding hydrogens is 1460 g/mol. The first-order chi connectivity index (χ1) is 52.5. The van der Waals surface area contributed by atoms with Crippen LogP contribution in [0.5, 0.6) is 0 Å². The molecule has 1 aliphatic heterocycles. The lowest BCUT2D eigenvalue weighted by atomic mass is 9.88. The first kappa shape index (κ1) is 90.0. The van der Waals surface area contributed by atoms with Gasteiger partial charge in [0.2, 0.25) is 35.4 Å². The summed E-state index contributed by atoms with van der Waals surface area (Å²) in [5, 5.41) is 54.5. The van der Waals surface area contributed by atoms with Crippen molar-refractivity contribution in [3.8, 4) is 0 Å². The lowest BCUT2D eigenvalue weighted by Gasteiger charge is -2.45. The van der Waals surface area contributed by atoms with Crippen LogP contribution < -0.4 is 32.3 Å². The van der Waals surface area contributed by atoms with Crippen molar-refractivity contribution in [2.45, 2.75) is 199 Å². The van der Waals surface area contributed by atoms with E-state index < -0.39 is 206 Å². The number of para-hydroxylation sites is 1. The molecule has 2 aliphatic rings. The van der Waals surface area contributed by atoms with E-state index in [0.717, 1.165) is 15.8 Å². The third-order valence-corrected chi connectivity index (χ3v) is 21.2. The fourth-order valence-electron chi connectivity index (χ4n) is 14.7. The summed E-state index contributed by atoms with van der Waals surface area (Å²) in [4.78, 5) is 229. The van der Waals surface area contributed by atoms with E-state index in [1.165, 1.54) is 50.6 Å². The molecule has 606 valence electrons. The van der Waals surface area contributed by atoms with Crippen molar-refractivity contribution < 1.29 is 97.1 Å². The van der Waals surface area contributed by atoms with Gasteiger partial charge in [-0.2, -0.15) is 11.8 Å². The normalized spacial score (nSPS) is 17.0. The van der Waals surface area contributed by atoms with Crippen molar-refractivity contribution in [2.24, 2.45) is 35.3 Å². The number of hydrogen-bond donors (Lipinski definition) is 12. The van der Waals surface area contributed by atoms with Crippen LogP contribution in [0.25, 0.3) is 10.9 Å². The van der Waals surface area contributed by atoms with Gasteiger partial charge in [0.25, 0.3) is 0 Å². The van der Waals surface area contributed by atoms with Crippen molar-refractivity contribution in [1.82, 2.24) is 56.2 Å². The number of primary amides is 1. The predicted molar refractivity (Wildman–Crippen MR) is 408 cm³/mol. The molecule has 6 rings (SSSR count). The van der Waals surface area contributed by atoms with Crippen molar-refractivity contribution in [3.05, 3.63) is 89.6 Å². The quantitative estimate of drug-likeness (QED) is 0.0281. The molecule has 3 heterocycles. The van der Waals surface area contributed by atoms with Crippen LogP contribution in [0.2, 0.25) is 0 Å². The van der Waals surface area contributed by atoms with Crippen LogP contribution in [-0.2, 0) is 91.2 Å². The van der Waals surface area contributed by atoms with Crippen LogP contribution >= 0.6 is 11.8 Å². The minimum atomic E-state index is -1.59. The largest absolute Gasteiger partial charge is 0.480 e. The summed E-state index contributed by atoms with van der Waals surface area (Å²) in [6, 6.07) is 7.42. The van der Waals surface area contributed by atoms with Gasteiger partial charge in [-0.05, 0) is 86.5 Å². The topological polar surface area (TPSA) is 494 Å². The fraction of sp³-hybridized carbons (Fsp3) is 0.577. The molecule has 1 saturated heterocycles. The molecule has 13 N–H and O–H groups in total. The average Bonchev–Trinajstić information content (AvgIpc) is 1.64. The number of aromatic nitrogens is 3. The number of hydrogen-bond acceptors (Lipinski definition) is 21. The number of nitrogens with two attached hydrogens (primary N) is 1. The van der Waals surface area contributed by atoms with E-state index >= 15 is 0 Å².